The minimum Gasteiger partial charge on any atom is -0.351 e. The summed E-state index contributed by atoms with van der Waals surface area (Å²) in [6.45, 7) is 2.77. The second-order valence-electron chi connectivity index (χ2n) is 4.11. The fourth-order valence-corrected chi connectivity index (χ4v) is 2.89. The summed E-state index contributed by atoms with van der Waals surface area (Å²) in [6.07, 6.45) is 1.00. The van der Waals surface area contributed by atoms with Gasteiger partial charge in [-0.25, -0.2) is 0 Å². The number of aryl methyl sites for hydroxylation is 1. The van der Waals surface area contributed by atoms with Crippen molar-refractivity contribution in [3.63, 3.8) is 0 Å². The molecule has 1 saturated heterocycles. The number of amides is 1. The van der Waals surface area contributed by atoms with Crippen LogP contribution in [-0.2, 0) is 17.8 Å². The third-order valence-corrected chi connectivity index (χ3v) is 3.92. The van der Waals surface area contributed by atoms with Crippen LogP contribution in [0.2, 0.25) is 0 Å². The first kappa shape index (κ1) is 12.5. The van der Waals surface area contributed by atoms with E-state index in [2.05, 4.69) is 29.7 Å². The predicted molar refractivity (Wildman–Crippen MR) is 71.9 cm³/mol. The molecule has 2 N–H and O–H groups in total. The quantitative estimate of drug-likeness (QED) is 0.851. The monoisotopic (exact) mass is 250 g/mol. The van der Waals surface area contributed by atoms with Gasteiger partial charge in [-0.3, -0.25) is 10.1 Å². The summed E-state index contributed by atoms with van der Waals surface area (Å²) in [6, 6.07) is 8.24. The van der Waals surface area contributed by atoms with Gasteiger partial charge in [-0.05, 0) is 17.5 Å². The molecule has 0 aliphatic carbocycles. The molecule has 0 aromatic heterocycles. The molecule has 0 radical (unpaired) electrons. The average molecular weight is 250 g/mol. The Morgan fingerprint density at radius 2 is 2.24 bits per heavy atom. The van der Waals surface area contributed by atoms with Gasteiger partial charge < -0.3 is 5.32 Å². The van der Waals surface area contributed by atoms with Gasteiger partial charge >= 0.3 is 0 Å². The molecule has 1 fully saturated rings. The lowest BCUT2D eigenvalue weighted by Gasteiger charge is -2.12. The van der Waals surface area contributed by atoms with Crippen LogP contribution in [0.15, 0.2) is 24.3 Å². The molecular weight excluding hydrogens is 232 g/mol. The van der Waals surface area contributed by atoms with Crippen molar-refractivity contribution in [1.29, 1.82) is 0 Å². The van der Waals surface area contributed by atoms with Crippen molar-refractivity contribution in [3.8, 4) is 0 Å². The van der Waals surface area contributed by atoms with E-state index in [1.807, 2.05) is 12.1 Å². The van der Waals surface area contributed by atoms with Crippen LogP contribution in [0.5, 0.6) is 0 Å². The topological polar surface area (TPSA) is 41.1 Å². The second kappa shape index (κ2) is 6.07. The van der Waals surface area contributed by atoms with Gasteiger partial charge in [-0.2, -0.15) is 0 Å². The van der Waals surface area contributed by atoms with Crippen LogP contribution >= 0.6 is 11.8 Å². The largest absolute Gasteiger partial charge is 0.351 e. The van der Waals surface area contributed by atoms with Crippen LogP contribution in [0.25, 0.3) is 0 Å². The van der Waals surface area contributed by atoms with Crippen molar-refractivity contribution in [2.45, 2.75) is 25.9 Å². The lowest BCUT2D eigenvalue weighted by Crippen LogP contribution is -2.41. The molecule has 1 aliphatic heterocycles. The molecule has 1 amide bonds. The number of rotatable bonds is 4. The van der Waals surface area contributed by atoms with E-state index in [1.165, 1.54) is 11.1 Å². The van der Waals surface area contributed by atoms with Gasteiger partial charge in [0.25, 0.3) is 0 Å². The van der Waals surface area contributed by atoms with Crippen LogP contribution in [0, 0.1) is 0 Å². The first-order valence-electron chi connectivity index (χ1n) is 5.97. The van der Waals surface area contributed by atoms with Gasteiger partial charge in [0, 0.05) is 18.2 Å². The molecule has 92 valence electrons. The molecule has 1 aromatic rings. The summed E-state index contributed by atoms with van der Waals surface area (Å²) in [5.41, 5.74) is 2.52. The highest BCUT2D eigenvalue weighted by molar-refractivity contribution is 7.99. The van der Waals surface area contributed by atoms with Gasteiger partial charge in [0.2, 0.25) is 5.91 Å². The van der Waals surface area contributed by atoms with Crippen molar-refractivity contribution >= 4 is 17.7 Å². The van der Waals surface area contributed by atoms with E-state index in [-0.39, 0.29) is 11.9 Å². The molecule has 3 nitrogen and oxygen atoms in total. The average Bonchev–Trinajstić information content (AvgIpc) is 2.90. The molecule has 2 rings (SSSR count). The number of carbonyl (C=O) groups is 1. The lowest BCUT2D eigenvalue weighted by molar-refractivity contribution is -0.122. The van der Waals surface area contributed by atoms with Crippen LogP contribution in [0.3, 0.4) is 0 Å². The zero-order valence-electron chi connectivity index (χ0n) is 10.0. The molecule has 1 aliphatic rings. The smallest absolute Gasteiger partial charge is 0.238 e. The molecule has 1 atom stereocenters. The number of hydrogen-bond donors (Lipinski definition) is 2. The number of benzene rings is 1. The zero-order chi connectivity index (χ0) is 12.1. The highest BCUT2D eigenvalue weighted by Gasteiger charge is 2.21. The third kappa shape index (κ3) is 3.23. The standard InChI is InChI=1S/C13H18N2OS/c1-2-10-5-3-4-6-11(10)7-14-13(16)12-8-17-9-15-12/h3-6,12,15H,2,7-9H2,1H3,(H,14,16). The van der Waals surface area contributed by atoms with Crippen LogP contribution < -0.4 is 10.6 Å². The minimum absolute atomic E-state index is 0.0196. The summed E-state index contributed by atoms with van der Waals surface area (Å²) in [5, 5.41) is 6.17. The first-order valence-corrected chi connectivity index (χ1v) is 7.12. The Bertz CT molecular complexity index is 389. The molecule has 4 heteroatoms. The maximum atomic E-state index is 11.8. The summed E-state index contributed by atoms with van der Waals surface area (Å²) in [5.74, 6) is 1.87. The van der Waals surface area contributed by atoms with Gasteiger partial charge in [0.1, 0.15) is 0 Å². The van der Waals surface area contributed by atoms with Crippen LogP contribution in [-0.4, -0.2) is 23.6 Å². The second-order valence-corrected chi connectivity index (χ2v) is 5.14. The highest BCUT2D eigenvalue weighted by Crippen LogP contribution is 2.11. The van der Waals surface area contributed by atoms with E-state index in [0.717, 1.165) is 18.1 Å². The maximum absolute atomic E-state index is 11.8. The lowest BCUT2D eigenvalue weighted by atomic mass is 10.1. The molecule has 0 saturated carbocycles. The van der Waals surface area contributed by atoms with Gasteiger partial charge in [0.05, 0.1) is 6.04 Å². The summed E-state index contributed by atoms with van der Waals surface area (Å²) in [4.78, 5) is 11.8. The molecule has 17 heavy (non-hydrogen) atoms. The number of hydrogen-bond acceptors (Lipinski definition) is 3. The van der Waals surface area contributed by atoms with E-state index in [0.29, 0.717) is 6.54 Å². The Hall–Kier alpha value is -1.000. The van der Waals surface area contributed by atoms with Gasteiger partial charge in [-0.1, -0.05) is 31.2 Å². The van der Waals surface area contributed by atoms with E-state index in [4.69, 9.17) is 0 Å². The number of thioether (sulfide) groups is 1. The van der Waals surface area contributed by atoms with E-state index in [9.17, 15) is 4.79 Å². The van der Waals surface area contributed by atoms with Crippen molar-refractivity contribution < 1.29 is 4.79 Å². The Balaban J connectivity index is 1.90. The molecule has 0 bridgehead atoms. The molecule has 1 aromatic carbocycles. The number of carbonyl (C=O) groups excluding carboxylic acids is 1. The molecule has 1 heterocycles. The minimum atomic E-state index is -0.0196. The number of nitrogens with one attached hydrogen (secondary N) is 2. The fourth-order valence-electron chi connectivity index (χ4n) is 1.94. The van der Waals surface area contributed by atoms with Crippen LogP contribution in [0.4, 0.5) is 0 Å². The summed E-state index contributed by atoms with van der Waals surface area (Å²) >= 11 is 1.77. The third-order valence-electron chi connectivity index (χ3n) is 2.99. The van der Waals surface area contributed by atoms with Crippen molar-refractivity contribution in [3.05, 3.63) is 35.4 Å². The first-order chi connectivity index (χ1) is 8.31. The van der Waals surface area contributed by atoms with Crippen molar-refractivity contribution in [1.82, 2.24) is 10.6 Å². The Morgan fingerprint density at radius 1 is 1.47 bits per heavy atom. The van der Waals surface area contributed by atoms with Gasteiger partial charge in [0.15, 0.2) is 0 Å². The maximum Gasteiger partial charge on any atom is 0.238 e. The fraction of sp³-hybridized carbons (Fsp3) is 0.462. The predicted octanol–water partition coefficient (Wildman–Crippen LogP) is 1.53. The molecule has 0 spiro atoms. The Labute approximate surface area is 106 Å². The Morgan fingerprint density at radius 3 is 2.88 bits per heavy atom. The summed E-state index contributed by atoms with van der Waals surface area (Å²) < 4.78 is 0. The SMILES string of the molecule is CCc1ccccc1CNC(=O)C1CSCN1. The van der Waals surface area contributed by atoms with E-state index >= 15 is 0 Å². The van der Waals surface area contributed by atoms with E-state index in [1.54, 1.807) is 11.8 Å². The van der Waals surface area contributed by atoms with E-state index < -0.39 is 0 Å². The molecular formula is C13H18N2OS. The van der Waals surface area contributed by atoms with Crippen molar-refractivity contribution in [2.24, 2.45) is 0 Å². The molecule has 1 unspecified atom stereocenters. The van der Waals surface area contributed by atoms with Crippen LogP contribution in [0.1, 0.15) is 18.1 Å². The summed E-state index contributed by atoms with van der Waals surface area (Å²) in [7, 11) is 0. The zero-order valence-corrected chi connectivity index (χ0v) is 10.8. The normalized spacial score (nSPS) is 19.2. The highest BCUT2D eigenvalue weighted by atomic mass is 32.2. The van der Waals surface area contributed by atoms with Gasteiger partial charge in [-0.15, -0.1) is 11.8 Å². The Kier molecular flexibility index (Phi) is 4.45. The van der Waals surface area contributed by atoms with Crippen molar-refractivity contribution in [2.75, 3.05) is 11.6 Å².